The molecule has 1 aromatic carbocycles. The molecule has 0 saturated heterocycles. The van der Waals surface area contributed by atoms with Crippen LogP contribution in [0.4, 0.5) is 11.5 Å². The Balaban J connectivity index is 2.15. The van der Waals surface area contributed by atoms with Gasteiger partial charge in [-0.25, -0.2) is 9.97 Å². The standard InChI is InChI=1S/C18H22N4O/c1-5-10-19-16-12-20-15(11-21-16)17(23)22-14-9-7-6-8-13(14)18(2,3)4/h5-9,11-12H,1,10H2,2-4H3,(H,19,21)(H,22,23). The van der Waals surface area contributed by atoms with Gasteiger partial charge in [0.25, 0.3) is 5.91 Å². The van der Waals surface area contributed by atoms with E-state index in [-0.39, 0.29) is 17.0 Å². The summed E-state index contributed by atoms with van der Waals surface area (Å²) in [6.45, 7) is 10.5. The highest BCUT2D eigenvalue weighted by Gasteiger charge is 2.19. The fourth-order valence-corrected chi connectivity index (χ4v) is 2.15. The van der Waals surface area contributed by atoms with E-state index in [1.165, 1.54) is 12.4 Å². The molecule has 5 nitrogen and oxygen atoms in total. The van der Waals surface area contributed by atoms with Crippen LogP contribution in [0.15, 0.2) is 49.3 Å². The van der Waals surface area contributed by atoms with Crippen molar-refractivity contribution in [3.63, 3.8) is 0 Å². The van der Waals surface area contributed by atoms with Crippen molar-refractivity contribution in [3.8, 4) is 0 Å². The number of anilines is 2. The molecule has 2 rings (SSSR count). The molecule has 0 spiro atoms. The topological polar surface area (TPSA) is 66.9 Å². The summed E-state index contributed by atoms with van der Waals surface area (Å²) in [4.78, 5) is 20.7. The van der Waals surface area contributed by atoms with Crippen LogP contribution in [0.5, 0.6) is 0 Å². The van der Waals surface area contributed by atoms with E-state index in [9.17, 15) is 4.79 Å². The van der Waals surface area contributed by atoms with Crippen molar-refractivity contribution in [3.05, 3.63) is 60.6 Å². The van der Waals surface area contributed by atoms with Crippen molar-refractivity contribution < 1.29 is 4.79 Å². The van der Waals surface area contributed by atoms with Gasteiger partial charge in [-0.05, 0) is 17.0 Å². The minimum atomic E-state index is -0.274. The van der Waals surface area contributed by atoms with Gasteiger partial charge in [0.05, 0.1) is 12.4 Å². The van der Waals surface area contributed by atoms with Crippen LogP contribution >= 0.6 is 0 Å². The molecule has 1 amide bonds. The first-order chi connectivity index (χ1) is 10.9. The van der Waals surface area contributed by atoms with Crippen LogP contribution in [-0.4, -0.2) is 22.4 Å². The van der Waals surface area contributed by atoms with Gasteiger partial charge in [0, 0.05) is 12.2 Å². The second kappa shape index (κ2) is 7.05. The lowest BCUT2D eigenvalue weighted by Gasteiger charge is -2.22. The largest absolute Gasteiger partial charge is 0.365 e. The van der Waals surface area contributed by atoms with E-state index >= 15 is 0 Å². The van der Waals surface area contributed by atoms with Crippen molar-refractivity contribution in [1.29, 1.82) is 0 Å². The lowest BCUT2D eigenvalue weighted by Crippen LogP contribution is -2.19. The zero-order chi connectivity index (χ0) is 16.9. The molecule has 0 unspecified atom stereocenters. The quantitative estimate of drug-likeness (QED) is 0.828. The first kappa shape index (κ1) is 16.7. The Bertz CT molecular complexity index is 687. The van der Waals surface area contributed by atoms with Gasteiger partial charge in [-0.3, -0.25) is 4.79 Å². The molecular formula is C18H22N4O. The van der Waals surface area contributed by atoms with Gasteiger partial charge in [-0.1, -0.05) is 45.0 Å². The van der Waals surface area contributed by atoms with E-state index in [1.807, 2.05) is 24.3 Å². The van der Waals surface area contributed by atoms with Gasteiger partial charge in [-0.15, -0.1) is 6.58 Å². The molecule has 2 N–H and O–H groups in total. The maximum Gasteiger partial charge on any atom is 0.275 e. The molecule has 2 aromatic rings. The molecule has 0 saturated carbocycles. The van der Waals surface area contributed by atoms with Gasteiger partial charge in [0.15, 0.2) is 0 Å². The van der Waals surface area contributed by atoms with Crippen LogP contribution in [0.25, 0.3) is 0 Å². The van der Waals surface area contributed by atoms with Crippen molar-refractivity contribution in [1.82, 2.24) is 9.97 Å². The smallest absolute Gasteiger partial charge is 0.275 e. The summed E-state index contributed by atoms with van der Waals surface area (Å²) in [5.74, 6) is 0.334. The normalized spacial score (nSPS) is 10.9. The molecule has 0 aliphatic carbocycles. The van der Waals surface area contributed by atoms with Crippen molar-refractivity contribution in [2.45, 2.75) is 26.2 Å². The monoisotopic (exact) mass is 310 g/mol. The molecule has 0 fully saturated rings. The summed E-state index contributed by atoms with van der Waals surface area (Å²) < 4.78 is 0. The highest BCUT2D eigenvalue weighted by Crippen LogP contribution is 2.29. The number of para-hydroxylation sites is 1. The number of hydrogen-bond donors (Lipinski definition) is 2. The van der Waals surface area contributed by atoms with Crippen LogP contribution < -0.4 is 10.6 Å². The Labute approximate surface area is 136 Å². The summed E-state index contributed by atoms with van der Waals surface area (Å²) >= 11 is 0. The molecule has 0 bridgehead atoms. The van der Waals surface area contributed by atoms with Gasteiger partial charge in [0.2, 0.25) is 0 Å². The number of hydrogen-bond acceptors (Lipinski definition) is 4. The molecule has 23 heavy (non-hydrogen) atoms. The van der Waals surface area contributed by atoms with Crippen LogP contribution in [0.1, 0.15) is 36.8 Å². The maximum absolute atomic E-state index is 12.4. The third-order valence-electron chi connectivity index (χ3n) is 3.30. The van der Waals surface area contributed by atoms with Crippen molar-refractivity contribution in [2.75, 3.05) is 17.2 Å². The number of amides is 1. The lowest BCUT2D eigenvalue weighted by molar-refractivity contribution is 0.102. The predicted octanol–water partition coefficient (Wildman–Crippen LogP) is 3.62. The minimum absolute atomic E-state index is 0.0615. The van der Waals surface area contributed by atoms with Crippen LogP contribution in [0.2, 0.25) is 0 Å². The van der Waals surface area contributed by atoms with E-state index in [0.29, 0.717) is 12.4 Å². The summed E-state index contributed by atoms with van der Waals surface area (Å²) in [7, 11) is 0. The summed E-state index contributed by atoms with van der Waals surface area (Å²) in [5.41, 5.74) is 2.08. The number of aromatic nitrogens is 2. The van der Waals surface area contributed by atoms with E-state index < -0.39 is 0 Å². The van der Waals surface area contributed by atoms with Gasteiger partial charge in [0.1, 0.15) is 11.5 Å². The zero-order valence-corrected chi connectivity index (χ0v) is 13.8. The van der Waals surface area contributed by atoms with Gasteiger partial charge in [-0.2, -0.15) is 0 Å². The number of benzene rings is 1. The molecule has 1 heterocycles. The summed E-state index contributed by atoms with van der Waals surface area (Å²) in [6, 6.07) is 7.78. The van der Waals surface area contributed by atoms with E-state index in [4.69, 9.17) is 0 Å². The number of carbonyl (C=O) groups is 1. The fourth-order valence-electron chi connectivity index (χ4n) is 2.15. The zero-order valence-electron chi connectivity index (χ0n) is 13.8. The number of rotatable bonds is 5. The van der Waals surface area contributed by atoms with Crippen LogP contribution in [0, 0.1) is 0 Å². The summed E-state index contributed by atoms with van der Waals surface area (Å²) in [6.07, 6.45) is 4.72. The number of carbonyl (C=O) groups excluding carboxylic acids is 1. The van der Waals surface area contributed by atoms with Crippen LogP contribution in [-0.2, 0) is 5.41 Å². The predicted molar refractivity (Wildman–Crippen MR) is 93.8 cm³/mol. The summed E-state index contributed by atoms with van der Waals surface area (Å²) in [5, 5.41) is 5.93. The van der Waals surface area contributed by atoms with E-state index in [1.54, 1.807) is 6.08 Å². The lowest BCUT2D eigenvalue weighted by atomic mass is 9.86. The molecule has 0 atom stereocenters. The highest BCUT2D eigenvalue weighted by molar-refractivity contribution is 6.03. The second-order valence-corrected chi connectivity index (χ2v) is 6.21. The fraction of sp³-hybridized carbons (Fsp3) is 0.278. The third kappa shape index (κ3) is 4.39. The molecule has 0 aliphatic rings. The SMILES string of the molecule is C=CCNc1cnc(C(=O)Nc2ccccc2C(C)(C)C)cn1. The van der Waals surface area contributed by atoms with Gasteiger partial charge >= 0.3 is 0 Å². The molecule has 1 aromatic heterocycles. The Hall–Kier alpha value is -2.69. The average molecular weight is 310 g/mol. The van der Waals surface area contributed by atoms with E-state index in [2.05, 4.69) is 48.0 Å². The molecule has 5 heteroatoms. The van der Waals surface area contributed by atoms with Crippen molar-refractivity contribution >= 4 is 17.4 Å². The van der Waals surface area contributed by atoms with E-state index in [0.717, 1.165) is 11.3 Å². The Morgan fingerprint density at radius 2 is 1.96 bits per heavy atom. The first-order valence-electron chi connectivity index (χ1n) is 7.49. The minimum Gasteiger partial charge on any atom is -0.365 e. The van der Waals surface area contributed by atoms with Crippen molar-refractivity contribution in [2.24, 2.45) is 0 Å². The molecule has 120 valence electrons. The average Bonchev–Trinajstić information content (AvgIpc) is 2.53. The number of nitrogens with one attached hydrogen (secondary N) is 2. The number of nitrogens with zero attached hydrogens (tertiary/aromatic N) is 2. The first-order valence-corrected chi connectivity index (χ1v) is 7.49. The molecular weight excluding hydrogens is 288 g/mol. The van der Waals surface area contributed by atoms with Gasteiger partial charge < -0.3 is 10.6 Å². The Kier molecular flexibility index (Phi) is 5.11. The highest BCUT2D eigenvalue weighted by atomic mass is 16.1. The Morgan fingerprint density at radius 1 is 1.22 bits per heavy atom. The maximum atomic E-state index is 12.4. The Morgan fingerprint density at radius 3 is 2.57 bits per heavy atom. The second-order valence-electron chi connectivity index (χ2n) is 6.21. The third-order valence-corrected chi connectivity index (χ3v) is 3.30. The molecule has 0 radical (unpaired) electrons. The van der Waals surface area contributed by atoms with Crippen LogP contribution in [0.3, 0.4) is 0 Å². The molecule has 0 aliphatic heterocycles.